The summed E-state index contributed by atoms with van der Waals surface area (Å²) in [4.78, 5) is 11.5. The molecule has 7 heteroatoms. The van der Waals surface area contributed by atoms with Gasteiger partial charge < -0.3 is 15.5 Å². The molecule has 2 atom stereocenters. The van der Waals surface area contributed by atoms with Crippen LogP contribution in [0.1, 0.15) is 51.5 Å². The van der Waals surface area contributed by atoms with Crippen LogP contribution in [0, 0.1) is 5.82 Å². The van der Waals surface area contributed by atoms with Crippen molar-refractivity contribution in [2.45, 2.75) is 64.5 Å². The van der Waals surface area contributed by atoms with Gasteiger partial charge in [-0.2, -0.15) is 0 Å². The number of rotatable bonds is 13. The fourth-order valence-electron chi connectivity index (χ4n) is 5.82. The van der Waals surface area contributed by atoms with E-state index in [1.165, 1.54) is 0 Å². The summed E-state index contributed by atoms with van der Waals surface area (Å²) < 4.78 is 16.7. The molecule has 3 aromatic rings. The Morgan fingerprint density at radius 2 is 1.85 bits per heavy atom. The molecular weight excluding hydrogens is 521 g/mol. The van der Waals surface area contributed by atoms with Crippen molar-refractivity contribution in [3.05, 3.63) is 64.9 Å². The van der Waals surface area contributed by atoms with E-state index in [9.17, 15) is 0 Å². The van der Waals surface area contributed by atoms with Crippen LogP contribution in [0.2, 0.25) is 5.02 Å². The zero-order valence-electron chi connectivity index (χ0n) is 24.1. The second kappa shape index (κ2) is 14.8. The van der Waals surface area contributed by atoms with Gasteiger partial charge in [-0.15, -0.1) is 0 Å². The van der Waals surface area contributed by atoms with Crippen LogP contribution in [0.5, 0.6) is 0 Å². The quantitative estimate of drug-likeness (QED) is 0.129. The predicted molar refractivity (Wildman–Crippen MR) is 170 cm³/mol. The number of fused-ring (bicyclic) bond motifs is 1. The molecule has 3 aromatic carbocycles. The van der Waals surface area contributed by atoms with E-state index >= 15 is 4.39 Å². The maximum Gasteiger partial charge on any atom is 0.158 e. The van der Waals surface area contributed by atoms with E-state index in [0.717, 1.165) is 73.8 Å². The molecule has 1 fully saturated rings. The smallest absolute Gasteiger partial charge is 0.158 e. The zero-order chi connectivity index (χ0) is 28.5. The Hall–Kier alpha value is -2.64. The molecule has 0 bridgehead atoms. The number of hydrogen-bond acceptors (Lipinski definition) is 4. The topological polar surface area (TPSA) is 52.0 Å². The number of aliphatic imine (C=N–C) groups is 2. The standard InChI is InChI=1S/C33H43ClFN5/c1-5-40(6-2)19-10-9-16-30(37-4)39-33-24(20-25-17-18-26(38-25)22-36-3)21-29(34)31(32(33)35)28-15-11-13-23-12-7-8-14-27(23)28/h7-8,11-15,21,25-26,36,38H,4-6,9-10,16-20,22H2,1-3H3/b39-30-. The van der Waals surface area contributed by atoms with Crippen molar-refractivity contribution in [1.82, 2.24) is 15.5 Å². The van der Waals surface area contributed by atoms with Crippen LogP contribution in [0.15, 0.2) is 58.5 Å². The molecule has 1 saturated heterocycles. The van der Waals surface area contributed by atoms with Crippen LogP contribution in [0.4, 0.5) is 10.1 Å². The molecule has 0 aromatic heterocycles. The number of benzene rings is 3. The minimum Gasteiger partial charge on any atom is -0.318 e. The first-order valence-corrected chi connectivity index (χ1v) is 15.0. The molecule has 0 aliphatic carbocycles. The van der Waals surface area contributed by atoms with E-state index in [0.29, 0.717) is 41.0 Å². The number of amidine groups is 1. The van der Waals surface area contributed by atoms with Crippen molar-refractivity contribution in [2.24, 2.45) is 9.98 Å². The predicted octanol–water partition coefficient (Wildman–Crippen LogP) is 7.42. The maximum absolute atomic E-state index is 16.7. The summed E-state index contributed by atoms with van der Waals surface area (Å²) >= 11 is 6.88. The first kappa shape index (κ1) is 30.3. The molecule has 2 unspecified atom stereocenters. The van der Waals surface area contributed by atoms with Crippen molar-refractivity contribution in [1.29, 1.82) is 0 Å². The third-order valence-corrected chi connectivity index (χ3v) is 8.32. The van der Waals surface area contributed by atoms with E-state index in [2.05, 4.69) is 41.1 Å². The lowest BCUT2D eigenvalue weighted by atomic mass is 9.94. The van der Waals surface area contributed by atoms with Gasteiger partial charge in [-0.05, 0) is 93.5 Å². The lowest BCUT2D eigenvalue weighted by molar-refractivity contribution is 0.297. The number of halogens is 2. The van der Waals surface area contributed by atoms with Crippen LogP contribution in [0.25, 0.3) is 21.9 Å². The van der Waals surface area contributed by atoms with Gasteiger partial charge in [-0.3, -0.25) is 0 Å². The zero-order valence-corrected chi connectivity index (χ0v) is 24.9. The van der Waals surface area contributed by atoms with Gasteiger partial charge in [-0.25, -0.2) is 14.4 Å². The normalized spacial score (nSPS) is 17.7. The molecule has 0 amide bonds. The minimum atomic E-state index is -0.395. The summed E-state index contributed by atoms with van der Waals surface area (Å²) in [5, 5.41) is 9.34. The molecule has 0 radical (unpaired) electrons. The van der Waals surface area contributed by atoms with Crippen LogP contribution in [-0.4, -0.2) is 62.8 Å². The highest BCUT2D eigenvalue weighted by molar-refractivity contribution is 6.34. The molecule has 1 aliphatic heterocycles. The molecule has 1 heterocycles. The van der Waals surface area contributed by atoms with Crippen LogP contribution < -0.4 is 10.6 Å². The van der Waals surface area contributed by atoms with Crippen molar-refractivity contribution in [2.75, 3.05) is 33.2 Å². The average molecular weight is 564 g/mol. The number of nitrogens with zero attached hydrogens (tertiary/aromatic N) is 3. The van der Waals surface area contributed by atoms with Gasteiger partial charge in [0.05, 0.1) is 5.02 Å². The third-order valence-electron chi connectivity index (χ3n) is 8.02. The van der Waals surface area contributed by atoms with Gasteiger partial charge in [-0.1, -0.05) is 67.9 Å². The molecule has 4 rings (SSSR count). The highest BCUT2D eigenvalue weighted by atomic mass is 35.5. The lowest BCUT2D eigenvalue weighted by Crippen LogP contribution is -2.37. The van der Waals surface area contributed by atoms with Gasteiger partial charge in [0, 0.05) is 30.6 Å². The van der Waals surface area contributed by atoms with Crippen LogP contribution in [-0.2, 0) is 6.42 Å². The fourth-order valence-corrected chi connectivity index (χ4v) is 6.13. The summed E-state index contributed by atoms with van der Waals surface area (Å²) in [5.74, 6) is 0.172. The van der Waals surface area contributed by atoms with Crippen LogP contribution >= 0.6 is 11.6 Å². The van der Waals surface area contributed by atoms with Gasteiger partial charge in [0.1, 0.15) is 11.5 Å². The number of nitrogens with one attached hydrogen (secondary N) is 2. The Kier molecular flexibility index (Phi) is 11.2. The number of unbranched alkanes of at least 4 members (excludes halogenated alkanes) is 1. The Morgan fingerprint density at radius 1 is 1.10 bits per heavy atom. The van der Waals surface area contributed by atoms with Gasteiger partial charge in [0.25, 0.3) is 0 Å². The molecule has 40 heavy (non-hydrogen) atoms. The second-order valence-corrected chi connectivity index (χ2v) is 11.1. The van der Waals surface area contributed by atoms with E-state index < -0.39 is 5.82 Å². The summed E-state index contributed by atoms with van der Waals surface area (Å²) in [5.41, 5.74) is 2.29. The first-order chi connectivity index (χ1) is 19.5. The molecule has 2 N–H and O–H groups in total. The maximum atomic E-state index is 16.7. The first-order valence-electron chi connectivity index (χ1n) is 14.6. The molecule has 214 valence electrons. The fraction of sp³-hybridized carbons (Fsp3) is 0.455. The highest BCUT2D eigenvalue weighted by Crippen LogP contribution is 2.42. The monoisotopic (exact) mass is 563 g/mol. The van der Waals surface area contributed by atoms with E-state index in [-0.39, 0.29) is 6.04 Å². The van der Waals surface area contributed by atoms with E-state index in [1.807, 2.05) is 55.6 Å². The third kappa shape index (κ3) is 7.35. The largest absolute Gasteiger partial charge is 0.318 e. The Balaban J connectivity index is 1.71. The van der Waals surface area contributed by atoms with Gasteiger partial charge in [0.2, 0.25) is 0 Å². The van der Waals surface area contributed by atoms with Crippen molar-refractivity contribution < 1.29 is 4.39 Å². The molecule has 1 aliphatic rings. The summed E-state index contributed by atoms with van der Waals surface area (Å²) in [6, 6.07) is 16.5. The summed E-state index contributed by atoms with van der Waals surface area (Å²) in [6.45, 7) is 12.2. The summed E-state index contributed by atoms with van der Waals surface area (Å²) in [6.07, 6.45) is 5.37. The molecular formula is C33H43ClFN5. The minimum absolute atomic E-state index is 0.236. The Bertz CT molecular complexity index is 1310. The second-order valence-electron chi connectivity index (χ2n) is 10.7. The molecule has 5 nitrogen and oxygen atoms in total. The number of hydrogen-bond donors (Lipinski definition) is 2. The molecule has 0 spiro atoms. The SMILES string of the molecule is C=N/C(CCCCN(CC)CC)=N\c1c(CC2CCC(CNC)N2)cc(Cl)c(-c2cccc3ccccc23)c1F. The van der Waals surface area contributed by atoms with Gasteiger partial charge >= 0.3 is 0 Å². The molecule has 0 saturated carbocycles. The lowest BCUT2D eigenvalue weighted by Gasteiger charge is -2.19. The Morgan fingerprint density at radius 3 is 2.60 bits per heavy atom. The Labute approximate surface area is 243 Å². The number of likely N-dealkylation sites (N-methyl/N-ethyl adjacent to an activating group) is 1. The van der Waals surface area contributed by atoms with Crippen molar-refractivity contribution in [3.8, 4) is 11.1 Å². The van der Waals surface area contributed by atoms with Crippen molar-refractivity contribution in [3.63, 3.8) is 0 Å². The highest BCUT2D eigenvalue weighted by Gasteiger charge is 2.27. The van der Waals surface area contributed by atoms with Gasteiger partial charge in [0.15, 0.2) is 5.82 Å². The average Bonchev–Trinajstić information content (AvgIpc) is 3.41. The van der Waals surface area contributed by atoms with E-state index in [1.54, 1.807) is 0 Å². The van der Waals surface area contributed by atoms with Crippen LogP contribution in [0.3, 0.4) is 0 Å². The van der Waals surface area contributed by atoms with E-state index in [4.69, 9.17) is 16.6 Å². The van der Waals surface area contributed by atoms with Crippen molar-refractivity contribution >= 4 is 40.6 Å². The summed E-state index contributed by atoms with van der Waals surface area (Å²) in [7, 11) is 1.97.